The lowest BCUT2D eigenvalue weighted by molar-refractivity contribution is -0.114. The maximum Gasteiger partial charge on any atom is 0.257 e. The van der Waals surface area contributed by atoms with E-state index in [1.807, 2.05) is 30.3 Å². The topological polar surface area (TPSA) is 105 Å². The summed E-state index contributed by atoms with van der Waals surface area (Å²) in [6.07, 6.45) is 1.24. The van der Waals surface area contributed by atoms with Crippen LogP contribution in [0.25, 0.3) is 11.5 Å². The summed E-state index contributed by atoms with van der Waals surface area (Å²) in [7, 11) is -3.59. The number of hydrogen-bond donors (Lipinski definition) is 1. The molecule has 1 amide bonds. The number of nitrogens with one attached hydrogen (secondary N) is 1. The quantitative estimate of drug-likeness (QED) is 0.671. The zero-order valence-electron chi connectivity index (χ0n) is 16.5. The molecule has 1 aromatic heterocycles. The molecule has 1 fully saturated rings. The summed E-state index contributed by atoms with van der Waals surface area (Å²) in [4.78, 5) is 15.8. The first-order chi connectivity index (χ1) is 14.4. The monoisotopic (exact) mass is 426 g/mol. The van der Waals surface area contributed by atoms with Gasteiger partial charge >= 0.3 is 0 Å². The minimum atomic E-state index is -3.59. The van der Waals surface area contributed by atoms with Crippen LogP contribution in [0.1, 0.15) is 31.5 Å². The molecule has 4 rings (SSSR count). The average Bonchev–Trinajstić information content (AvgIpc) is 3.25. The number of piperidine rings is 1. The first-order valence-corrected chi connectivity index (χ1v) is 11.1. The van der Waals surface area contributed by atoms with Crippen LogP contribution in [0.3, 0.4) is 0 Å². The Hall–Kier alpha value is -3.04. The zero-order chi connectivity index (χ0) is 21.1. The Morgan fingerprint density at radius 2 is 1.73 bits per heavy atom. The van der Waals surface area contributed by atoms with Gasteiger partial charge < -0.3 is 9.84 Å². The molecule has 0 saturated carbocycles. The average molecular weight is 426 g/mol. The number of aromatic nitrogens is 2. The third-order valence-corrected chi connectivity index (χ3v) is 7.01. The third kappa shape index (κ3) is 4.27. The van der Waals surface area contributed by atoms with Crippen molar-refractivity contribution >= 4 is 21.6 Å². The minimum absolute atomic E-state index is 0.0554. The van der Waals surface area contributed by atoms with Gasteiger partial charge in [0.2, 0.25) is 15.9 Å². The van der Waals surface area contributed by atoms with Gasteiger partial charge in [0.05, 0.1) is 4.90 Å². The molecule has 0 aliphatic carbocycles. The number of hydrogen-bond acceptors (Lipinski definition) is 6. The summed E-state index contributed by atoms with van der Waals surface area (Å²) >= 11 is 0. The zero-order valence-corrected chi connectivity index (χ0v) is 17.3. The summed E-state index contributed by atoms with van der Waals surface area (Å²) in [5, 5.41) is 6.74. The molecular weight excluding hydrogens is 404 g/mol. The van der Waals surface area contributed by atoms with Crippen LogP contribution in [0.2, 0.25) is 0 Å². The van der Waals surface area contributed by atoms with Gasteiger partial charge in [0.1, 0.15) is 0 Å². The molecule has 0 unspecified atom stereocenters. The van der Waals surface area contributed by atoms with Crippen molar-refractivity contribution in [2.45, 2.75) is 30.6 Å². The fourth-order valence-electron chi connectivity index (χ4n) is 3.52. The summed E-state index contributed by atoms with van der Waals surface area (Å²) in [5.74, 6) is 0.940. The second-order valence-electron chi connectivity index (χ2n) is 7.21. The molecular formula is C21H22N4O4S. The number of carbonyl (C=O) groups excluding carboxylic acids is 1. The molecule has 1 saturated heterocycles. The van der Waals surface area contributed by atoms with E-state index in [2.05, 4.69) is 15.5 Å². The van der Waals surface area contributed by atoms with Crippen molar-refractivity contribution in [1.29, 1.82) is 0 Å². The van der Waals surface area contributed by atoms with Crippen LogP contribution in [0, 0.1) is 0 Å². The van der Waals surface area contributed by atoms with Crippen molar-refractivity contribution in [2.75, 3.05) is 18.4 Å². The van der Waals surface area contributed by atoms with Crippen LogP contribution < -0.4 is 5.32 Å². The molecule has 3 aromatic rings. The molecule has 2 aromatic carbocycles. The van der Waals surface area contributed by atoms with E-state index >= 15 is 0 Å². The van der Waals surface area contributed by atoms with E-state index < -0.39 is 10.0 Å². The van der Waals surface area contributed by atoms with Gasteiger partial charge in [-0.05, 0) is 49.2 Å². The predicted molar refractivity (Wildman–Crippen MR) is 111 cm³/mol. The summed E-state index contributed by atoms with van der Waals surface area (Å²) < 4.78 is 32.7. The highest BCUT2D eigenvalue weighted by Crippen LogP contribution is 2.30. The van der Waals surface area contributed by atoms with E-state index in [1.54, 1.807) is 12.1 Å². The minimum Gasteiger partial charge on any atom is -0.334 e. The lowest BCUT2D eigenvalue weighted by Crippen LogP contribution is -2.38. The number of nitrogens with zero attached hydrogens (tertiary/aromatic N) is 3. The molecule has 156 valence electrons. The van der Waals surface area contributed by atoms with E-state index in [9.17, 15) is 13.2 Å². The molecule has 30 heavy (non-hydrogen) atoms. The third-order valence-electron chi connectivity index (χ3n) is 5.09. The van der Waals surface area contributed by atoms with Crippen molar-refractivity contribution in [3.05, 3.63) is 60.4 Å². The smallest absolute Gasteiger partial charge is 0.257 e. The van der Waals surface area contributed by atoms with Crippen molar-refractivity contribution in [3.8, 4) is 11.5 Å². The number of anilines is 1. The van der Waals surface area contributed by atoms with Crippen molar-refractivity contribution in [1.82, 2.24) is 14.4 Å². The largest absolute Gasteiger partial charge is 0.334 e. The van der Waals surface area contributed by atoms with E-state index in [0.717, 1.165) is 5.56 Å². The van der Waals surface area contributed by atoms with Gasteiger partial charge in [-0.15, -0.1) is 0 Å². The molecule has 0 spiro atoms. The van der Waals surface area contributed by atoms with E-state index in [1.165, 1.54) is 23.4 Å². The predicted octanol–water partition coefficient (Wildman–Crippen LogP) is 3.26. The molecule has 1 aliphatic heterocycles. The van der Waals surface area contributed by atoms with Gasteiger partial charge in [-0.3, -0.25) is 4.79 Å². The van der Waals surface area contributed by atoms with Gasteiger partial charge in [0, 0.05) is 37.2 Å². The Morgan fingerprint density at radius 3 is 2.37 bits per heavy atom. The lowest BCUT2D eigenvalue weighted by atomic mass is 9.97. The van der Waals surface area contributed by atoms with Gasteiger partial charge in [-0.2, -0.15) is 9.29 Å². The maximum atomic E-state index is 12.9. The second-order valence-corrected chi connectivity index (χ2v) is 9.15. The molecule has 1 N–H and O–H groups in total. The van der Waals surface area contributed by atoms with E-state index in [-0.39, 0.29) is 16.7 Å². The van der Waals surface area contributed by atoms with Gasteiger partial charge in [0.15, 0.2) is 5.82 Å². The van der Waals surface area contributed by atoms with Crippen LogP contribution in [0.4, 0.5) is 5.69 Å². The normalized spacial score (nSPS) is 15.8. The Labute approximate surface area is 175 Å². The molecule has 0 bridgehead atoms. The van der Waals surface area contributed by atoms with Gasteiger partial charge in [-0.1, -0.05) is 23.4 Å². The maximum absolute atomic E-state index is 12.9. The van der Waals surface area contributed by atoms with Crippen LogP contribution in [0.5, 0.6) is 0 Å². The fraction of sp³-hybridized carbons (Fsp3) is 0.286. The number of carbonyl (C=O) groups is 1. The lowest BCUT2D eigenvalue weighted by Gasteiger charge is -2.29. The first-order valence-electron chi connectivity index (χ1n) is 9.70. The Kier molecular flexibility index (Phi) is 5.65. The summed E-state index contributed by atoms with van der Waals surface area (Å²) in [6.45, 7) is 2.17. The molecule has 9 heteroatoms. The van der Waals surface area contributed by atoms with Crippen LogP contribution in [0.15, 0.2) is 64.0 Å². The van der Waals surface area contributed by atoms with Crippen molar-refractivity contribution in [3.63, 3.8) is 0 Å². The van der Waals surface area contributed by atoms with Gasteiger partial charge in [0.25, 0.3) is 5.89 Å². The highest BCUT2D eigenvalue weighted by Gasteiger charge is 2.31. The standard InChI is InChI=1S/C21H22N4O4S/c1-15(26)22-18-7-9-19(10-8-18)30(27,28)25-13-11-16(12-14-25)20-23-21(29-24-20)17-5-3-2-4-6-17/h2-10,16H,11-14H2,1H3,(H,22,26). The Bertz CT molecular complexity index is 1120. The SMILES string of the molecule is CC(=O)Nc1ccc(S(=O)(=O)N2CCC(c3noc(-c4ccccc4)n3)CC2)cc1. The fourth-order valence-corrected chi connectivity index (χ4v) is 4.99. The number of sulfonamides is 1. The van der Waals surface area contributed by atoms with Crippen LogP contribution in [-0.2, 0) is 14.8 Å². The molecule has 2 heterocycles. The molecule has 0 atom stereocenters. The highest BCUT2D eigenvalue weighted by atomic mass is 32.2. The summed E-state index contributed by atoms with van der Waals surface area (Å²) in [5.41, 5.74) is 1.42. The Morgan fingerprint density at radius 1 is 1.07 bits per heavy atom. The number of amides is 1. The van der Waals surface area contributed by atoms with E-state index in [4.69, 9.17) is 4.52 Å². The summed E-state index contributed by atoms with van der Waals surface area (Å²) in [6, 6.07) is 15.8. The first kappa shape index (κ1) is 20.2. The van der Waals surface area contributed by atoms with Crippen molar-refractivity contribution in [2.24, 2.45) is 0 Å². The number of benzene rings is 2. The molecule has 8 nitrogen and oxygen atoms in total. The second kappa shape index (κ2) is 8.37. The molecule has 1 aliphatic rings. The van der Waals surface area contributed by atoms with Crippen LogP contribution >= 0.6 is 0 Å². The molecule has 0 radical (unpaired) electrons. The van der Waals surface area contributed by atoms with Crippen LogP contribution in [-0.4, -0.2) is 41.9 Å². The highest BCUT2D eigenvalue weighted by molar-refractivity contribution is 7.89. The van der Waals surface area contributed by atoms with E-state index in [0.29, 0.717) is 43.3 Å². The van der Waals surface area contributed by atoms with Crippen molar-refractivity contribution < 1.29 is 17.7 Å². The van der Waals surface area contributed by atoms with Gasteiger partial charge in [-0.25, -0.2) is 8.42 Å². The Balaban J connectivity index is 1.41. The number of rotatable bonds is 5.